The molecular formula is C9H18N2O2. The van der Waals surface area contributed by atoms with Gasteiger partial charge in [0.25, 0.3) is 0 Å². The third-order valence-corrected chi connectivity index (χ3v) is 2.88. The van der Waals surface area contributed by atoms with Gasteiger partial charge in [0.1, 0.15) is 0 Å². The van der Waals surface area contributed by atoms with E-state index in [0.717, 1.165) is 25.9 Å². The number of nitrogens with zero attached hydrogens (tertiary/aromatic N) is 1. The van der Waals surface area contributed by atoms with E-state index in [4.69, 9.17) is 10.8 Å². The van der Waals surface area contributed by atoms with Crippen molar-refractivity contribution in [2.75, 3.05) is 26.2 Å². The molecule has 0 saturated carbocycles. The van der Waals surface area contributed by atoms with E-state index in [1.807, 2.05) is 0 Å². The highest BCUT2D eigenvalue weighted by Crippen LogP contribution is 2.29. The van der Waals surface area contributed by atoms with Crippen LogP contribution in [0.15, 0.2) is 0 Å². The minimum Gasteiger partial charge on any atom is -0.396 e. The number of likely N-dealkylation sites (tertiary alicyclic amines) is 1. The zero-order chi connectivity index (χ0) is 9.90. The molecule has 0 spiro atoms. The molecule has 1 heterocycles. The molecule has 0 aromatic rings. The van der Waals surface area contributed by atoms with Crippen molar-refractivity contribution in [3.05, 3.63) is 0 Å². The number of rotatable bonds is 2. The summed E-state index contributed by atoms with van der Waals surface area (Å²) in [5.41, 5.74) is 5.27. The van der Waals surface area contributed by atoms with Gasteiger partial charge in [-0.1, -0.05) is 6.92 Å². The van der Waals surface area contributed by atoms with Gasteiger partial charge in [0.05, 0.1) is 6.54 Å². The minimum absolute atomic E-state index is 0.00534. The zero-order valence-electron chi connectivity index (χ0n) is 8.12. The Hall–Kier alpha value is -0.610. The van der Waals surface area contributed by atoms with E-state index < -0.39 is 0 Å². The molecule has 1 fully saturated rings. The van der Waals surface area contributed by atoms with E-state index >= 15 is 0 Å². The molecule has 0 aromatic heterocycles. The highest BCUT2D eigenvalue weighted by Gasteiger charge is 2.30. The maximum Gasteiger partial charge on any atom is 0.236 e. The maximum atomic E-state index is 11.2. The first-order valence-corrected chi connectivity index (χ1v) is 4.70. The number of nitrogens with two attached hydrogens (primary N) is 1. The summed E-state index contributed by atoms with van der Waals surface area (Å²) >= 11 is 0. The van der Waals surface area contributed by atoms with Gasteiger partial charge in [0.15, 0.2) is 0 Å². The second kappa shape index (κ2) is 4.07. The van der Waals surface area contributed by atoms with Gasteiger partial charge >= 0.3 is 0 Å². The lowest BCUT2D eigenvalue weighted by molar-refractivity contribution is -0.132. The SMILES string of the molecule is CC1(CO)CCN(C(=O)CN)CC1. The zero-order valence-corrected chi connectivity index (χ0v) is 8.12. The van der Waals surface area contributed by atoms with Gasteiger partial charge in [-0.25, -0.2) is 0 Å². The summed E-state index contributed by atoms with van der Waals surface area (Å²) in [7, 11) is 0. The molecule has 0 aromatic carbocycles. The second-order valence-electron chi connectivity index (χ2n) is 4.05. The van der Waals surface area contributed by atoms with E-state index in [0.29, 0.717) is 0 Å². The fourth-order valence-corrected chi connectivity index (χ4v) is 1.58. The van der Waals surface area contributed by atoms with E-state index in [1.54, 1.807) is 4.90 Å². The molecule has 0 unspecified atom stereocenters. The quantitative estimate of drug-likeness (QED) is 0.614. The van der Waals surface area contributed by atoms with E-state index in [-0.39, 0.29) is 24.5 Å². The third-order valence-electron chi connectivity index (χ3n) is 2.88. The average molecular weight is 186 g/mol. The Morgan fingerprint density at radius 1 is 1.54 bits per heavy atom. The smallest absolute Gasteiger partial charge is 0.236 e. The molecule has 3 N–H and O–H groups in total. The summed E-state index contributed by atoms with van der Waals surface area (Å²) in [5.74, 6) is 0.0139. The van der Waals surface area contributed by atoms with Gasteiger partial charge in [0, 0.05) is 19.7 Å². The van der Waals surface area contributed by atoms with Gasteiger partial charge in [-0.15, -0.1) is 0 Å². The summed E-state index contributed by atoms with van der Waals surface area (Å²) in [6.45, 7) is 3.81. The number of amides is 1. The van der Waals surface area contributed by atoms with Crippen molar-refractivity contribution in [1.29, 1.82) is 0 Å². The summed E-state index contributed by atoms with van der Waals surface area (Å²) < 4.78 is 0. The fourth-order valence-electron chi connectivity index (χ4n) is 1.58. The molecule has 0 bridgehead atoms. The fraction of sp³-hybridized carbons (Fsp3) is 0.889. The van der Waals surface area contributed by atoms with Crippen LogP contribution >= 0.6 is 0 Å². The number of aliphatic hydroxyl groups is 1. The molecule has 1 aliphatic rings. The molecule has 1 amide bonds. The van der Waals surface area contributed by atoms with Gasteiger partial charge in [-0.3, -0.25) is 4.79 Å². The summed E-state index contributed by atoms with van der Waals surface area (Å²) in [6, 6.07) is 0. The summed E-state index contributed by atoms with van der Waals surface area (Å²) in [5, 5.41) is 9.10. The van der Waals surface area contributed by atoms with E-state index in [2.05, 4.69) is 6.92 Å². The van der Waals surface area contributed by atoms with Crippen LogP contribution in [0.5, 0.6) is 0 Å². The Balaban J connectivity index is 2.43. The Morgan fingerprint density at radius 2 is 2.08 bits per heavy atom. The standard InChI is InChI=1S/C9H18N2O2/c1-9(7-12)2-4-11(5-3-9)8(13)6-10/h12H,2-7,10H2,1H3. The van der Waals surface area contributed by atoms with E-state index in [9.17, 15) is 4.79 Å². The number of hydrogen-bond acceptors (Lipinski definition) is 3. The Labute approximate surface area is 78.7 Å². The van der Waals surface area contributed by atoms with Crippen LogP contribution in [-0.2, 0) is 4.79 Å². The molecule has 0 atom stereocenters. The van der Waals surface area contributed by atoms with Crippen molar-refractivity contribution < 1.29 is 9.90 Å². The molecule has 1 saturated heterocycles. The van der Waals surface area contributed by atoms with Gasteiger partial charge < -0.3 is 15.7 Å². The second-order valence-corrected chi connectivity index (χ2v) is 4.05. The van der Waals surface area contributed by atoms with Crippen molar-refractivity contribution in [2.24, 2.45) is 11.1 Å². The van der Waals surface area contributed by atoms with Crippen LogP contribution < -0.4 is 5.73 Å². The van der Waals surface area contributed by atoms with Gasteiger partial charge in [0.2, 0.25) is 5.91 Å². The number of carbonyl (C=O) groups is 1. The first-order valence-electron chi connectivity index (χ1n) is 4.70. The summed E-state index contributed by atoms with van der Waals surface area (Å²) in [4.78, 5) is 13.0. The lowest BCUT2D eigenvalue weighted by atomic mass is 9.81. The Morgan fingerprint density at radius 3 is 2.46 bits per heavy atom. The van der Waals surface area contributed by atoms with Crippen molar-refractivity contribution in [3.63, 3.8) is 0 Å². The van der Waals surface area contributed by atoms with Crippen LogP contribution in [-0.4, -0.2) is 42.2 Å². The lowest BCUT2D eigenvalue weighted by Gasteiger charge is -2.38. The van der Waals surface area contributed by atoms with Crippen LogP contribution in [0.3, 0.4) is 0 Å². The Kier molecular flexibility index (Phi) is 3.27. The topological polar surface area (TPSA) is 66.6 Å². The van der Waals surface area contributed by atoms with Crippen molar-refractivity contribution >= 4 is 5.91 Å². The molecule has 1 rings (SSSR count). The van der Waals surface area contributed by atoms with Crippen LogP contribution in [0.25, 0.3) is 0 Å². The molecule has 4 nitrogen and oxygen atoms in total. The van der Waals surface area contributed by atoms with Crippen LogP contribution in [0.1, 0.15) is 19.8 Å². The first kappa shape index (κ1) is 10.5. The van der Waals surface area contributed by atoms with E-state index in [1.165, 1.54) is 0 Å². The average Bonchev–Trinajstić information content (AvgIpc) is 2.18. The molecule has 0 radical (unpaired) electrons. The number of hydrogen-bond donors (Lipinski definition) is 2. The predicted octanol–water partition coefficient (Wildman–Crippen LogP) is -0.434. The molecule has 13 heavy (non-hydrogen) atoms. The normalized spacial score (nSPS) is 21.6. The molecule has 76 valence electrons. The largest absolute Gasteiger partial charge is 0.396 e. The Bertz CT molecular complexity index is 186. The molecule has 4 heteroatoms. The monoisotopic (exact) mass is 186 g/mol. The minimum atomic E-state index is 0.00534. The first-order chi connectivity index (χ1) is 6.11. The number of carbonyl (C=O) groups excluding carboxylic acids is 1. The van der Waals surface area contributed by atoms with Gasteiger partial charge in [-0.05, 0) is 18.3 Å². The van der Waals surface area contributed by atoms with Crippen molar-refractivity contribution in [1.82, 2.24) is 4.90 Å². The number of aliphatic hydroxyl groups excluding tert-OH is 1. The van der Waals surface area contributed by atoms with Crippen LogP contribution in [0.4, 0.5) is 0 Å². The van der Waals surface area contributed by atoms with Crippen molar-refractivity contribution in [2.45, 2.75) is 19.8 Å². The third kappa shape index (κ3) is 2.42. The van der Waals surface area contributed by atoms with Crippen LogP contribution in [0, 0.1) is 5.41 Å². The highest BCUT2D eigenvalue weighted by atomic mass is 16.3. The molecule has 0 aliphatic carbocycles. The van der Waals surface area contributed by atoms with Crippen LogP contribution in [0.2, 0.25) is 0 Å². The predicted molar refractivity (Wildman–Crippen MR) is 50.1 cm³/mol. The molecule has 1 aliphatic heterocycles. The van der Waals surface area contributed by atoms with Crippen molar-refractivity contribution in [3.8, 4) is 0 Å². The summed E-state index contributed by atoms with van der Waals surface area (Å²) in [6.07, 6.45) is 1.74. The maximum absolute atomic E-state index is 11.2. The van der Waals surface area contributed by atoms with Gasteiger partial charge in [-0.2, -0.15) is 0 Å². The lowest BCUT2D eigenvalue weighted by Crippen LogP contribution is -2.45. The highest BCUT2D eigenvalue weighted by molar-refractivity contribution is 5.78. The number of piperidine rings is 1. The molecular weight excluding hydrogens is 168 g/mol.